The molecule has 4 nitrogen and oxygen atoms in total. The van der Waals surface area contributed by atoms with E-state index in [1.807, 2.05) is 0 Å². The van der Waals surface area contributed by atoms with Crippen LogP contribution in [0.25, 0.3) is 0 Å². The molecule has 0 saturated carbocycles. The molecule has 0 N–H and O–H groups in total. The van der Waals surface area contributed by atoms with Crippen molar-refractivity contribution in [2.75, 3.05) is 6.61 Å². The molecule has 0 bridgehead atoms. The summed E-state index contributed by atoms with van der Waals surface area (Å²) in [6.45, 7) is 3.81. The van der Waals surface area contributed by atoms with Gasteiger partial charge in [0.05, 0.1) is 6.61 Å². The van der Waals surface area contributed by atoms with Crippen molar-refractivity contribution in [3.63, 3.8) is 0 Å². The Hall–Kier alpha value is -1.55. The molecule has 0 saturated heterocycles. The predicted molar refractivity (Wildman–Crippen MR) is 71.7 cm³/mol. The molecule has 19 heavy (non-hydrogen) atoms. The van der Waals surface area contributed by atoms with Crippen molar-refractivity contribution < 1.29 is 19.1 Å². The summed E-state index contributed by atoms with van der Waals surface area (Å²) in [5, 5.41) is 0.619. The zero-order valence-electron chi connectivity index (χ0n) is 11.0. The minimum Gasteiger partial charge on any atom is -0.465 e. The molecule has 0 aromatic heterocycles. The average Bonchev–Trinajstić information content (AvgIpc) is 2.39. The van der Waals surface area contributed by atoms with Gasteiger partial charge in [-0.2, -0.15) is 0 Å². The zero-order chi connectivity index (χ0) is 14.3. The summed E-state index contributed by atoms with van der Waals surface area (Å²) in [5.41, 5.74) is 0.816. The molecule has 0 spiro atoms. The van der Waals surface area contributed by atoms with Crippen LogP contribution >= 0.6 is 11.6 Å². The maximum Gasteiger partial charge on any atom is 0.320 e. The maximum atomic E-state index is 11.8. The highest BCUT2D eigenvalue weighted by atomic mass is 35.5. The molecule has 5 heteroatoms. The molecule has 1 rings (SSSR count). The lowest BCUT2D eigenvalue weighted by atomic mass is 10.1. The van der Waals surface area contributed by atoms with Gasteiger partial charge in [-0.05, 0) is 31.0 Å². The van der Waals surface area contributed by atoms with Crippen LogP contribution in [0.15, 0.2) is 24.3 Å². The Morgan fingerprint density at radius 1 is 1.11 bits per heavy atom. The highest BCUT2D eigenvalue weighted by Crippen LogP contribution is 2.13. The topological polar surface area (TPSA) is 52.6 Å². The van der Waals surface area contributed by atoms with Gasteiger partial charge in [-0.3, -0.25) is 9.59 Å². The number of ether oxygens (including phenoxy) is 2. The lowest BCUT2D eigenvalue weighted by Gasteiger charge is -2.13. The third-order valence-electron chi connectivity index (χ3n) is 2.56. The molecule has 0 radical (unpaired) electrons. The molecule has 0 aliphatic rings. The van der Waals surface area contributed by atoms with Crippen LogP contribution in [0.1, 0.15) is 25.8 Å². The van der Waals surface area contributed by atoms with E-state index in [1.54, 1.807) is 38.1 Å². The van der Waals surface area contributed by atoms with Crippen LogP contribution in [-0.2, 0) is 25.7 Å². The van der Waals surface area contributed by atoms with Crippen LogP contribution < -0.4 is 0 Å². The van der Waals surface area contributed by atoms with Gasteiger partial charge < -0.3 is 9.47 Å². The van der Waals surface area contributed by atoms with E-state index >= 15 is 0 Å². The summed E-state index contributed by atoms with van der Waals surface area (Å²) in [6.07, 6.45) is 0.359. The van der Waals surface area contributed by atoms with Crippen molar-refractivity contribution in [3.8, 4) is 0 Å². The van der Waals surface area contributed by atoms with Gasteiger partial charge in [0.25, 0.3) is 0 Å². The van der Waals surface area contributed by atoms with Crippen molar-refractivity contribution in [3.05, 3.63) is 34.9 Å². The average molecular weight is 285 g/mol. The van der Waals surface area contributed by atoms with E-state index < -0.39 is 17.9 Å². The van der Waals surface area contributed by atoms with Crippen molar-refractivity contribution in [1.82, 2.24) is 0 Å². The van der Waals surface area contributed by atoms with Gasteiger partial charge in [0.2, 0.25) is 0 Å². The summed E-state index contributed by atoms with van der Waals surface area (Å²) >= 11 is 5.75. The molecule has 1 atom stereocenters. The zero-order valence-corrected chi connectivity index (χ0v) is 11.8. The smallest absolute Gasteiger partial charge is 0.320 e. The second kappa shape index (κ2) is 7.79. The second-order valence-corrected chi connectivity index (χ2v) is 4.38. The standard InChI is InChI=1S/C14H17ClO4/c1-3-12(13(16)18-4-2)14(17)19-9-10-5-7-11(15)8-6-10/h5-8,12H,3-4,9H2,1-2H3. The van der Waals surface area contributed by atoms with Gasteiger partial charge in [0, 0.05) is 5.02 Å². The molecule has 0 amide bonds. The fraction of sp³-hybridized carbons (Fsp3) is 0.429. The van der Waals surface area contributed by atoms with Gasteiger partial charge in [0.1, 0.15) is 6.61 Å². The molecule has 1 aromatic carbocycles. The van der Waals surface area contributed by atoms with Crippen LogP contribution in [0, 0.1) is 5.92 Å². The summed E-state index contributed by atoms with van der Waals surface area (Å²) in [6, 6.07) is 6.96. The van der Waals surface area contributed by atoms with Gasteiger partial charge in [-0.25, -0.2) is 0 Å². The predicted octanol–water partition coefficient (Wildman–Crippen LogP) is 2.97. The Morgan fingerprint density at radius 2 is 1.68 bits per heavy atom. The third-order valence-corrected chi connectivity index (χ3v) is 2.81. The SMILES string of the molecule is CCOC(=O)C(CC)C(=O)OCc1ccc(Cl)cc1. The van der Waals surface area contributed by atoms with Gasteiger partial charge in [0.15, 0.2) is 5.92 Å². The van der Waals surface area contributed by atoms with E-state index in [-0.39, 0.29) is 13.2 Å². The Kier molecular flexibility index (Phi) is 6.36. The molecule has 0 fully saturated rings. The Bertz CT molecular complexity index is 428. The minimum atomic E-state index is -0.854. The van der Waals surface area contributed by atoms with E-state index in [0.717, 1.165) is 5.56 Å². The van der Waals surface area contributed by atoms with Crippen LogP contribution in [0.3, 0.4) is 0 Å². The van der Waals surface area contributed by atoms with Gasteiger partial charge in [-0.15, -0.1) is 0 Å². The number of hydrogen-bond donors (Lipinski definition) is 0. The van der Waals surface area contributed by atoms with Crippen LogP contribution in [0.5, 0.6) is 0 Å². The molecule has 0 aliphatic carbocycles. The first-order valence-electron chi connectivity index (χ1n) is 6.16. The van der Waals surface area contributed by atoms with Crippen molar-refractivity contribution in [1.29, 1.82) is 0 Å². The molecule has 1 aromatic rings. The van der Waals surface area contributed by atoms with E-state index in [1.165, 1.54) is 0 Å². The number of rotatable bonds is 6. The molecular weight excluding hydrogens is 268 g/mol. The number of hydrogen-bond acceptors (Lipinski definition) is 4. The molecule has 0 heterocycles. The highest BCUT2D eigenvalue weighted by Gasteiger charge is 2.27. The summed E-state index contributed by atoms with van der Waals surface area (Å²) in [7, 11) is 0. The number of esters is 2. The second-order valence-electron chi connectivity index (χ2n) is 3.95. The number of carbonyl (C=O) groups excluding carboxylic acids is 2. The maximum absolute atomic E-state index is 11.8. The molecule has 104 valence electrons. The van der Waals surface area contributed by atoms with Crippen LogP contribution in [-0.4, -0.2) is 18.5 Å². The summed E-state index contributed by atoms with van der Waals surface area (Å²) < 4.78 is 9.93. The Labute approximate surface area is 117 Å². The number of carbonyl (C=O) groups is 2. The van der Waals surface area contributed by atoms with Crippen molar-refractivity contribution >= 4 is 23.5 Å². The quantitative estimate of drug-likeness (QED) is 0.595. The largest absolute Gasteiger partial charge is 0.465 e. The van der Waals surface area contributed by atoms with Crippen LogP contribution in [0.2, 0.25) is 5.02 Å². The first-order valence-corrected chi connectivity index (χ1v) is 6.54. The van der Waals surface area contributed by atoms with E-state index in [4.69, 9.17) is 21.1 Å². The highest BCUT2D eigenvalue weighted by molar-refractivity contribution is 6.30. The van der Waals surface area contributed by atoms with E-state index in [2.05, 4.69) is 0 Å². The van der Waals surface area contributed by atoms with E-state index in [0.29, 0.717) is 11.4 Å². The third kappa shape index (κ3) is 4.91. The molecule has 0 aliphatic heterocycles. The molecule has 1 unspecified atom stereocenters. The van der Waals surface area contributed by atoms with Gasteiger partial charge in [-0.1, -0.05) is 30.7 Å². The summed E-state index contributed by atoms with van der Waals surface area (Å²) in [4.78, 5) is 23.3. The fourth-order valence-corrected chi connectivity index (χ4v) is 1.63. The fourth-order valence-electron chi connectivity index (χ4n) is 1.51. The minimum absolute atomic E-state index is 0.117. The number of benzene rings is 1. The van der Waals surface area contributed by atoms with Crippen molar-refractivity contribution in [2.45, 2.75) is 26.9 Å². The lowest BCUT2D eigenvalue weighted by molar-refractivity contribution is -0.162. The van der Waals surface area contributed by atoms with Crippen LogP contribution in [0.4, 0.5) is 0 Å². The van der Waals surface area contributed by atoms with Crippen molar-refractivity contribution in [2.24, 2.45) is 5.92 Å². The number of halogens is 1. The first-order chi connectivity index (χ1) is 9.08. The first kappa shape index (κ1) is 15.5. The monoisotopic (exact) mass is 284 g/mol. The molecular formula is C14H17ClO4. The summed E-state index contributed by atoms with van der Waals surface area (Å²) in [5.74, 6) is -1.95. The Morgan fingerprint density at radius 3 is 2.21 bits per heavy atom. The lowest BCUT2D eigenvalue weighted by Crippen LogP contribution is -2.27. The normalized spacial score (nSPS) is 11.7. The van der Waals surface area contributed by atoms with Gasteiger partial charge >= 0.3 is 11.9 Å². The Balaban J connectivity index is 2.53. The van der Waals surface area contributed by atoms with E-state index in [9.17, 15) is 9.59 Å².